The number of anilines is 1. The van der Waals surface area contributed by atoms with Gasteiger partial charge in [-0.2, -0.15) is 0 Å². The molecule has 21 heavy (non-hydrogen) atoms. The van der Waals surface area contributed by atoms with E-state index in [4.69, 9.17) is 4.42 Å². The van der Waals surface area contributed by atoms with Gasteiger partial charge >= 0.3 is 0 Å². The maximum absolute atomic E-state index is 12.7. The van der Waals surface area contributed by atoms with Crippen LogP contribution in [0.15, 0.2) is 83.5 Å². The second-order valence-corrected chi connectivity index (χ2v) is 4.70. The van der Waals surface area contributed by atoms with Crippen LogP contribution in [0, 0.1) is 0 Å². The van der Waals surface area contributed by atoms with E-state index < -0.39 is 6.04 Å². The van der Waals surface area contributed by atoms with E-state index in [-0.39, 0.29) is 5.78 Å². The second-order valence-electron chi connectivity index (χ2n) is 4.70. The van der Waals surface area contributed by atoms with Gasteiger partial charge in [-0.25, -0.2) is 0 Å². The minimum absolute atomic E-state index is 0.0879. The molecule has 0 saturated carbocycles. The molecule has 0 aliphatic rings. The average molecular weight is 277 g/mol. The van der Waals surface area contributed by atoms with Crippen molar-refractivity contribution in [1.29, 1.82) is 0 Å². The highest BCUT2D eigenvalue weighted by Crippen LogP contribution is 2.23. The standard InChI is InChI=1S/C18H15NO2/c20-18(16-12-7-13-21-16)17(14-8-3-1-4-9-14)19-15-10-5-2-6-11-15/h1-13,17,19H. The fourth-order valence-corrected chi connectivity index (χ4v) is 2.21. The summed E-state index contributed by atoms with van der Waals surface area (Å²) in [6.45, 7) is 0. The molecule has 3 nitrogen and oxygen atoms in total. The van der Waals surface area contributed by atoms with E-state index in [2.05, 4.69) is 5.32 Å². The Balaban J connectivity index is 1.93. The van der Waals surface area contributed by atoms with Crippen molar-refractivity contribution in [2.45, 2.75) is 6.04 Å². The van der Waals surface area contributed by atoms with Crippen LogP contribution in [0.4, 0.5) is 5.69 Å². The Bertz CT molecular complexity index is 691. The molecular weight excluding hydrogens is 262 g/mol. The summed E-state index contributed by atoms with van der Waals surface area (Å²) in [7, 11) is 0. The largest absolute Gasteiger partial charge is 0.461 e. The Morgan fingerprint density at radius 3 is 2.14 bits per heavy atom. The van der Waals surface area contributed by atoms with Gasteiger partial charge < -0.3 is 9.73 Å². The highest BCUT2D eigenvalue weighted by atomic mass is 16.3. The minimum Gasteiger partial charge on any atom is -0.461 e. The fourth-order valence-electron chi connectivity index (χ4n) is 2.21. The molecule has 1 aromatic heterocycles. The number of hydrogen-bond acceptors (Lipinski definition) is 3. The molecule has 2 aromatic carbocycles. The first-order valence-electron chi connectivity index (χ1n) is 6.79. The SMILES string of the molecule is O=C(c1ccco1)C(Nc1ccccc1)c1ccccc1. The molecule has 0 aliphatic carbocycles. The van der Waals surface area contributed by atoms with Crippen molar-refractivity contribution >= 4 is 11.5 Å². The van der Waals surface area contributed by atoms with Gasteiger partial charge in [-0.05, 0) is 29.8 Å². The number of hydrogen-bond donors (Lipinski definition) is 1. The number of carbonyl (C=O) groups is 1. The molecule has 0 spiro atoms. The van der Waals surface area contributed by atoms with E-state index in [9.17, 15) is 4.79 Å². The average Bonchev–Trinajstić information content (AvgIpc) is 3.08. The smallest absolute Gasteiger partial charge is 0.224 e. The topological polar surface area (TPSA) is 42.2 Å². The first-order valence-corrected chi connectivity index (χ1v) is 6.79. The number of nitrogens with one attached hydrogen (secondary N) is 1. The summed E-state index contributed by atoms with van der Waals surface area (Å²) in [5.74, 6) is 0.266. The van der Waals surface area contributed by atoms with Crippen LogP contribution in [0.25, 0.3) is 0 Å². The van der Waals surface area contributed by atoms with Crippen LogP contribution in [-0.4, -0.2) is 5.78 Å². The third-order valence-corrected chi connectivity index (χ3v) is 3.24. The number of ketones is 1. The predicted octanol–water partition coefficient (Wildman–Crippen LogP) is 4.32. The summed E-state index contributed by atoms with van der Waals surface area (Å²) < 4.78 is 5.25. The third kappa shape index (κ3) is 3.03. The summed E-state index contributed by atoms with van der Waals surface area (Å²) in [5, 5.41) is 3.27. The number of rotatable bonds is 5. The van der Waals surface area contributed by atoms with Gasteiger partial charge in [0.2, 0.25) is 5.78 Å². The number of carbonyl (C=O) groups excluding carboxylic acids is 1. The lowest BCUT2D eigenvalue weighted by molar-refractivity contribution is 0.0942. The molecule has 3 rings (SSSR count). The molecule has 3 aromatic rings. The second kappa shape index (κ2) is 6.09. The van der Waals surface area contributed by atoms with E-state index in [0.29, 0.717) is 5.76 Å². The van der Waals surface area contributed by atoms with Crippen LogP contribution in [0.5, 0.6) is 0 Å². The Hall–Kier alpha value is -2.81. The highest BCUT2D eigenvalue weighted by Gasteiger charge is 2.23. The number of para-hydroxylation sites is 1. The van der Waals surface area contributed by atoms with Crippen molar-refractivity contribution in [3.8, 4) is 0 Å². The van der Waals surface area contributed by atoms with Crippen molar-refractivity contribution in [3.63, 3.8) is 0 Å². The van der Waals surface area contributed by atoms with E-state index in [1.165, 1.54) is 6.26 Å². The van der Waals surface area contributed by atoms with Gasteiger partial charge in [0.25, 0.3) is 0 Å². The molecule has 0 saturated heterocycles. The van der Waals surface area contributed by atoms with Gasteiger partial charge in [-0.1, -0.05) is 48.5 Å². The summed E-state index contributed by atoms with van der Waals surface area (Å²) in [6, 6.07) is 22.2. The van der Waals surface area contributed by atoms with E-state index in [1.54, 1.807) is 12.1 Å². The number of benzene rings is 2. The molecule has 104 valence electrons. The van der Waals surface area contributed by atoms with Crippen LogP contribution in [0.2, 0.25) is 0 Å². The zero-order valence-electron chi connectivity index (χ0n) is 11.4. The summed E-state index contributed by atoms with van der Waals surface area (Å²) >= 11 is 0. The van der Waals surface area contributed by atoms with Gasteiger partial charge in [0, 0.05) is 5.69 Å². The minimum atomic E-state index is -0.472. The number of furan rings is 1. The zero-order valence-corrected chi connectivity index (χ0v) is 11.4. The predicted molar refractivity (Wildman–Crippen MR) is 82.3 cm³/mol. The lowest BCUT2D eigenvalue weighted by Gasteiger charge is -2.18. The van der Waals surface area contributed by atoms with Crippen LogP contribution in [0.3, 0.4) is 0 Å². The molecule has 0 fully saturated rings. The van der Waals surface area contributed by atoms with Gasteiger partial charge in [-0.3, -0.25) is 4.79 Å². The van der Waals surface area contributed by atoms with Crippen LogP contribution < -0.4 is 5.32 Å². The van der Waals surface area contributed by atoms with Gasteiger partial charge in [0.15, 0.2) is 5.76 Å². The Kier molecular flexibility index (Phi) is 3.83. The molecule has 3 heteroatoms. The van der Waals surface area contributed by atoms with E-state index >= 15 is 0 Å². The summed E-state index contributed by atoms with van der Waals surface area (Å²) in [5.41, 5.74) is 1.80. The van der Waals surface area contributed by atoms with Crippen molar-refractivity contribution in [2.75, 3.05) is 5.32 Å². The molecule has 1 atom stereocenters. The summed E-state index contributed by atoms with van der Waals surface area (Å²) in [4.78, 5) is 12.7. The Morgan fingerprint density at radius 2 is 1.52 bits per heavy atom. The molecule has 0 aliphatic heterocycles. The molecule has 0 radical (unpaired) electrons. The van der Waals surface area contributed by atoms with Crippen molar-refractivity contribution in [1.82, 2.24) is 0 Å². The Labute approximate surface area is 123 Å². The number of Topliss-reactive ketones (excluding diaryl/α,β-unsaturated/α-hetero) is 1. The van der Waals surface area contributed by atoms with E-state index in [1.807, 2.05) is 60.7 Å². The lowest BCUT2D eigenvalue weighted by atomic mass is 10.0. The first-order chi connectivity index (χ1) is 10.3. The molecule has 0 amide bonds. The third-order valence-electron chi connectivity index (χ3n) is 3.24. The van der Waals surface area contributed by atoms with Crippen molar-refractivity contribution in [3.05, 3.63) is 90.4 Å². The molecule has 1 heterocycles. The zero-order chi connectivity index (χ0) is 14.5. The highest BCUT2D eigenvalue weighted by molar-refractivity contribution is 6.00. The Morgan fingerprint density at radius 1 is 0.857 bits per heavy atom. The lowest BCUT2D eigenvalue weighted by Crippen LogP contribution is -2.20. The molecule has 1 unspecified atom stereocenters. The van der Waals surface area contributed by atoms with Gasteiger partial charge in [0.05, 0.1) is 6.26 Å². The quantitative estimate of drug-likeness (QED) is 0.706. The van der Waals surface area contributed by atoms with Crippen molar-refractivity contribution in [2.24, 2.45) is 0 Å². The van der Waals surface area contributed by atoms with Crippen LogP contribution in [-0.2, 0) is 0 Å². The molecule has 1 N–H and O–H groups in total. The normalized spacial score (nSPS) is 11.8. The first kappa shape index (κ1) is 13.2. The van der Waals surface area contributed by atoms with E-state index in [0.717, 1.165) is 11.3 Å². The van der Waals surface area contributed by atoms with Gasteiger partial charge in [-0.15, -0.1) is 0 Å². The fraction of sp³-hybridized carbons (Fsp3) is 0.0556. The monoisotopic (exact) mass is 277 g/mol. The van der Waals surface area contributed by atoms with Crippen LogP contribution >= 0.6 is 0 Å². The molecular formula is C18H15NO2. The van der Waals surface area contributed by atoms with Crippen LogP contribution in [0.1, 0.15) is 22.2 Å². The maximum Gasteiger partial charge on any atom is 0.224 e. The van der Waals surface area contributed by atoms with Gasteiger partial charge in [0.1, 0.15) is 6.04 Å². The summed E-state index contributed by atoms with van der Waals surface area (Å²) in [6.07, 6.45) is 1.51. The molecule has 0 bridgehead atoms. The van der Waals surface area contributed by atoms with Crippen molar-refractivity contribution < 1.29 is 9.21 Å². The maximum atomic E-state index is 12.7.